The molecule has 0 heterocycles. The zero-order valence-electron chi connectivity index (χ0n) is 10.3. The van der Waals surface area contributed by atoms with Crippen LogP contribution in [0.3, 0.4) is 0 Å². The molecule has 1 aromatic rings. The molecule has 0 aliphatic heterocycles. The van der Waals surface area contributed by atoms with Crippen LogP contribution in [0, 0.1) is 0 Å². The molecular formula is C11H16N2O5S. The van der Waals surface area contributed by atoms with E-state index in [1.54, 1.807) is 6.92 Å². The van der Waals surface area contributed by atoms with Gasteiger partial charge in [0.1, 0.15) is 0 Å². The maximum absolute atomic E-state index is 12.0. The lowest BCUT2D eigenvalue weighted by Gasteiger charge is -2.12. The van der Waals surface area contributed by atoms with Crippen molar-refractivity contribution in [2.45, 2.75) is 24.3 Å². The standard InChI is InChI=1S/C11H16N2O5S/c1-2-8(14)6-13-19(17,18)10-4-3-7(12)5-9(10)11(15)16/h3-5,8,13-14H,2,6,12H2,1H3,(H,15,16). The smallest absolute Gasteiger partial charge is 0.337 e. The van der Waals surface area contributed by atoms with Crippen molar-refractivity contribution in [2.24, 2.45) is 0 Å². The fourth-order valence-electron chi connectivity index (χ4n) is 1.38. The van der Waals surface area contributed by atoms with E-state index < -0.39 is 27.7 Å². The van der Waals surface area contributed by atoms with Gasteiger partial charge in [-0.3, -0.25) is 0 Å². The van der Waals surface area contributed by atoms with Gasteiger partial charge in [-0.1, -0.05) is 6.92 Å². The van der Waals surface area contributed by atoms with E-state index in [4.69, 9.17) is 10.8 Å². The van der Waals surface area contributed by atoms with Crippen LogP contribution in [-0.2, 0) is 10.0 Å². The largest absolute Gasteiger partial charge is 0.478 e. The number of carboxylic acids is 1. The molecule has 0 saturated carbocycles. The lowest BCUT2D eigenvalue weighted by atomic mass is 10.2. The van der Waals surface area contributed by atoms with E-state index in [9.17, 15) is 18.3 Å². The van der Waals surface area contributed by atoms with Crippen molar-refractivity contribution < 1.29 is 23.4 Å². The molecule has 0 aliphatic carbocycles. The van der Waals surface area contributed by atoms with Crippen molar-refractivity contribution in [1.29, 1.82) is 0 Å². The number of benzene rings is 1. The Labute approximate surface area is 111 Å². The van der Waals surface area contributed by atoms with Gasteiger partial charge in [0.25, 0.3) is 0 Å². The molecule has 0 fully saturated rings. The van der Waals surface area contributed by atoms with Crippen molar-refractivity contribution in [2.75, 3.05) is 12.3 Å². The van der Waals surface area contributed by atoms with Crippen molar-refractivity contribution >= 4 is 21.7 Å². The van der Waals surface area contributed by atoms with Crippen LogP contribution in [0.4, 0.5) is 5.69 Å². The molecule has 0 aliphatic rings. The number of rotatable bonds is 6. The Balaban J connectivity index is 3.11. The SMILES string of the molecule is CCC(O)CNS(=O)(=O)c1ccc(N)cc1C(=O)O. The zero-order chi connectivity index (χ0) is 14.6. The number of hydrogen-bond acceptors (Lipinski definition) is 5. The Morgan fingerprint density at radius 2 is 2.11 bits per heavy atom. The average molecular weight is 288 g/mol. The number of carbonyl (C=O) groups is 1. The minimum Gasteiger partial charge on any atom is -0.478 e. The molecule has 0 aromatic heterocycles. The molecule has 5 N–H and O–H groups in total. The van der Waals surface area contributed by atoms with E-state index in [-0.39, 0.29) is 17.1 Å². The van der Waals surface area contributed by atoms with E-state index in [2.05, 4.69) is 4.72 Å². The minimum atomic E-state index is -4.00. The molecule has 19 heavy (non-hydrogen) atoms. The molecule has 0 spiro atoms. The van der Waals surface area contributed by atoms with E-state index in [1.807, 2.05) is 0 Å². The second-order valence-corrected chi connectivity index (χ2v) is 5.71. The number of carboxylic acid groups (broad SMARTS) is 1. The van der Waals surface area contributed by atoms with Crippen molar-refractivity contribution in [3.8, 4) is 0 Å². The highest BCUT2D eigenvalue weighted by atomic mass is 32.2. The van der Waals surface area contributed by atoms with E-state index >= 15 is 0 Å². The number of anilines is 1. The first-order chi connectivity index (χ1) is 8.77. The quantitative estimate of drug-likeness (QED) is 0.546. The van der Waals surface area contributed by atoms with Gasteiger partial charge in [-0.15, -0.1) is 0 Å². The highest BCUT2D eigenvalue weighted by molar-refractivity contribution is 7.89. The van der Waals surface area contributed by atoms with Crippen LogP contribution >= 0.6 is 0 Å². The number of aromatic carboxylic acids is 1. The van der Waals surface area contributed by atoms with Crippen LogP contribution < -0.4 is 10.5 Å². The zero-order valence-corrected chi connectivity index (χ0v) is 11.1. The molecule has 1 unspecified atom stereocenters. The van der Waals surface area contributed by atoms with Gasteiger partial charge in [-0.2, -0.15) is 0 Å². The molecule has 0 saturated heterocycles. The molecule has 0 amide bonds. The number of aliphatic hydroxyl groups excluding tert-OH is 1. The van der Waals surface area contributed by atoms with Gasteiger partial charge in [0, 0.05) is 12.2 Å². The summed E-state index contributed by atoms with van der Waals surface area (Å²) in [6, 6.07) is 3.50. The third kappa shape index (κ3) is 3.91. The number of nitrogens with one attached hydrogen (secondary N) is 1. The van der Waals surface area contributed by atoms with E-state index in [1.165, 1.54) is 6.07 Å². The molecule has 8 heteroatoms. The summed E-state index contributed by atoms with van der Waals surface area (Å²) >= 11 is 0. The normalized spacial score (nSPS) is 13.2. The summed E-state index contributed by atoms with van der Waals surface area (Å²) in [5.74, 6) is -1.39. The van der Waals surface area contributed by atoms with Gasteiger partial charge in [0.2, 0.25) is 10.0 Å². The Morgan fingerprint density at radius 1 is 1.47 bits per heavy atom. The first-order valence-electron chi connectivity index (χ1n) is 5.58. The molecule has 1 aromatic carbocycles. The number of aliphatic hydroxyl groups is 1. The van der Waals surface area contributed by atoms with Gasteiger partial charge >= 0.3 is 5.97 Å². The first kappa shape index (κ1) is 15.4. The summed E-state index contributed by atoms with van der Waals surface area (Å²) in [7, 11) is -4.00. The van der Waals surface area contributed by atoms with Crippen molar-refractivity contribution in [3.63, 3.8) is 0 Å². The maximum Gasteiger partial charge on any atom is 0.337 e. The molecule has 1 rings (SSSR count). The van der Waals surface area contributed by atoms with Gasteiger partial charge in [0.15, 0.2) is 0 Å². The Hall–Kier alpha value is -1.64. The van der Waals surface area contributed by atoms with Crippen LogP contribution in [-0.4, -0.2) is 37.2 Å². The second-order valence-electron chi connectivity index (χ2n) is 3.97. The number of hydrogen-bond donors (Lipinski definition) is 4. The third-order valence-corrected chi connectivity index (χ3v) is 3.99. The lowest BCUT2D eigenvalue weighted by Crippen LogP contribution is -2.32. The molecular weight excluding hydrogens is 272 g/mol. The molecule has 0 radical (unpaired) electrons. The van der Waals surface area contributed by atoms with Gasteiger partial charge in [0.05, 0.1) is 16.6 Å². The van der Waals surface area contributed by atoms with Crippen molar-refractivity contribution in [3.05, 3.63) is 23.8 Å². The van der Waals surface area contributed by atoms with Crippen molar-refractivity contribution in [1.82, 2.24) is 4.72 Å². The van der Waals surface area contributed by atoms with Gasteiger partial charge in [-0.25, -0.2) is 17.9 Å². The average Bonchev–Trinajstić information content (AvgIpc) is 2.35. The van der Waals surface area contributed by atoms with Gasteiger partial charge < -0.3 is 15.9 Å². The molecule has 1 atom stereocenters. The topological polar surface area (TPSA) is 130 Å². The molecule has 7 nitrogen and oxygen atoms in total. The van der Waals surface area contributed by atoms with Crippen LogP contribution in [0.15, 0.2) is 23.1 Å². The summed E-state index contributed by atoms with van der Waals surface area (Å²) in [6.45, 7) is 1.52. The first-order valence-corrected chi connectivity index (χ1v) is 7.06. The van der Waals surface area contributed by atoms with Crippen LogP contribution in [0.5, 0.6) is 0 Å². The van der Waals surface area contributed by atoms with E-state index in [0.29, 0.717) is 6.42 Å². The van der Waals surface area contributed by atoms with Crippen LogP contribution in [0.1, 0.15) is 23.7 Å². The third-order valence-electron chi connectivity index (χ3n) is 2.50. The monoisotopic (exact) mass is 288 g/mol. The van der Waals surface area contributed by atoms with Crippen LogP contribution in [0.2, 0.25) is 0 Å². The van der Waals surface area contributed by atoms with E-state index in [0.717, 1.165) is 12.1 Å². The Morgan fingerprint density at radius 3 is 2.63 bits per heavy atom. The number of sulfonamides is 1. The summed E-state index contributed by atoms with van der Waals surface area (Å²) < 4.78 is 26.1. The van der Waals surface area contributed by atoms with Crippen LogP contribution in [0.25, 0.3) is 0 Å². The maximum atomic E-state index is 12.0. The Bertz CT molecular complexity index is 570. The molecule has 106 valence electrons. The highest BCUT2D eigenvalue weighted by Gasteiger charge is 2.22. The van der Waals surface area contributed by atoms with Gasteiger partial charge in [-0.05, 0) is 24.6 Å². The predicted octanol–water partition coefficient (Wildman–Crippen LogP) is 0.0162. The number of nitrogen functional groups attached to an aromatic ring is 1. The predicted molar refractivity (Wildman–Crippen MR) is 69.3 cm³/mol. The fourth-order valence-corrected chi connectivity index (χ4v) is 2.63. The summed E-state index contributed by atoms with van der Waals surface area (Å²) in [6.07, 6.45) is -0.437. The minimum absolute atomic E-state index is 0.157. The summed E-state index contributed by atoms with van der Waals surface area (Å²) in [4.78, 5) is 10.6. The second kappa shape index (κ2) is 6.00. The summed E-state index contributed by atoms with van der Waals surface area (Å²) in [5, 5.41) is 18.3. The molecule has 0 bridgehead atoms. The fraction of sp³-hybridized carbons (Fsp3) is 0.364. The lowest BCUT2D eigenvalue weighted by molar-refractivity contribution is 0.0692. The Kier molecular flexibility index (Phi) is 4.87. The number of nitrogens with two attached hydrogens (primary N) is 1. The summed E-state index contributed by atoms with van der Waals surface area (Å²) in [5.41, 5.74) is 5.19. The highest BCUT2D eigenvalue weighted by Crippen LogP contribution is 2.18.